The molecule has 0 saturated heterocycles. The minimum Gasteiger partial charge on any atom is -0.496 e. The summed E-state index contributed by atoms with van der Waals surface area (Å²) in [4.78, 5) is 65.8. The lowest BCUT2D eigenvalue weighted by Crippen LogP contribution is -2.35. The van der Waals surface area contributed by atoms with E-state index in [0.717, 1.165) is 21.9 Å². The summed E-state index contributed by atoms with van der Waals surface area (Å²) in [6.07, 6.45) is 3.45. The number of likely N-dealkylation sites (N-methyl/N-ethyl adjacent to an activating group) is 1. The first-order valence-electron chi connectivity index (χ1n) is 17.4. The minimum atomic E-state index is -1.35. The van der Waals surface area contributed by atoms with Crippen LogP contribution in [0.4, 0.5) is 5.69 Å². The Bertz CT molecular complexity index is 3020. The Morgan fingerprint density at radius 2 is 1.64 bits per heavy atom. The molecule has 2 aromatic heterocycles. The number of ether oxygens (including phenoxy) is 1. The number of aromatic carboxylic acids is 1. The molecule has 3 heterocycles. The maximum absolute atomic E-state index is 13.5. The molecule has 0 amide bonds. The number of nitrogens with zero attached hydrogens (tertiary/aromatic N) is 3. The fraction of sp³-hybridized carbons (Fsp3) is 0.250. The summed E-state index contributed by atoms with van der Waals surface area (Å²) in [5.41, 5.74) is 6.71. The first-order valence-corrected chi connectivity index (χ1v) is 19.7. The first-order chi connectivity index (χ1) is 26.4. The van der Waals surface area contributed by atoms with Crippen LogP contribution in [0.3, 0.4) is 0 Å². The first kappa shape index (κ1) is 32.6. The molecule has 0 radical (unpaired) electrons. The summed E-state index contributed by atoms with van der Waals surface area (Å²) in [6.45, 7) is 0. The summed E-state index contributed by atoms with van der Waals surface area (Å²) in [6, 6.07) is 1.90. The van der Waals surface area contributed by atoms with E-state index in [1.807, 2.05) is 25.1 Å². The lowest BCUT2D eigenvalue weighted by Gasteiger charge is -2.45. The Balaban J connectivity index is 1.56. The van der Waals surface area contributed by atoms with Crippen molar-refractivity contribution in [3.05, 3.63) is 78.4 Å². The fourth-order valence-corrected chi connectivity index (χ4v) is 12.9. The molecule has 274 valence electrons. The van der Waals surface area contributed by atoms with Crippen LogP contribution in [-0.2, 0) is 20.1 Å². The molecular weight excluding hydrogens is 745 g/mol. The monoisotopic (exact) mass is 772 g/mol. The predicted molar refractivity (Wildman–Crippen MR) is 207 cm³/mol. The van der Waals surface area contributed by atoms with Crippen LogP contribution in [0, 0.1) is 0 Å². The number of aliphatic carboxylic acids is 3. The van der Waals surface area contributed by atoms with Crippen molar-refractivity contribution in [3.63, 3.8) is 0 Å². The van der Waals surface area contributed by atoms with Gasteiger partial charge in [-0.3, -0.25) is 14.6 Å². The molecule has 0 saturated carbocycles. The van der Waals surface area contributed by atoms with Gasteiger partial charge in [-0.1, -0.05) is 6.08 Å². The Kier molecular flexibility index (Phi) is 6.10. The largest absolute Gasteiger partial charge is 0.496 e. The summed E-state index contributed by atoms with van der Waals surface area (Å²) >= 11 is 2.73. The van der Waals surface area contributed by atoms with Crippen LogP contribution in [0.2, 0.25) is 0 Å². The number of benzene rings is 3. The topological polar surface area (TPSA) is 199 Å². The molecule has 5 aromatic rings. The third-order valence-corrected chi connectivity index (χ3v) is 14.4. The molecule has 15 heteroatoms. The van der Waals surface area contributed by atoms with Crippen LogP contribution in [0.25, 0.3) is 54.7 Å². The molecule has 55 heavy (non-hydrogen) atoms. The number of anilines is 1. The van der Waals surface area contributed by atoms with Gasteiger partial charge in [-0.05, 0) is 50.9 Å². The highest BCUT2D eigenvalue weighted by molar-refractivity contribution is 8.02. The summed E-state index contributed by atoms with van der Waals surface area (Å²) in [5.74, 6) is -7.33. The third kappa shape index (κ3) is 3.43. The molecule has 3 aromatic carbocycles. The fourth-order valence-electron chi connectivity index (χ4n) is 10.7. The van der Waals surface area contributed by atoms with Gasteiger partial charge in [0.25, 0.3) is 0 Å². The smallest absolute Gasteiger partial charge is 0.354 e. The van der Waals surface area contributed by atoms with Gasteiger partial charge in [0.05, 0.1) is 35.0 Å². The van der Waals surface area contributed by atoms with Gasteiger partial charge >= 0.3 is 23.9 Å². The van der Waals surface area contributed by atoms with Crippen molar-refractivity contribution in [2.24, 2.45) is 0 Å². The van der Waals surface area contributed by atoms with E-state index < -0.39 is 46.9 Å². The minimum absolute atomic E-state index is 0.0106. The Morgan fingerprint density at radius 1 is 0.891 bits per heavy atom. The second kappa shape index (κ2) is 10.3. The zero-order valence-corrected chi connectivity index (χ0v) is 31.3. The number of carboxylic acid groups (broad SMARTS) is 4. The van der Waals surface area contributed by atoms with E-state index >= 15 is 0 Å². The number of carbonyl (C=O) groups is 4. The zero-order chi connectivity index (χ0) is 38.4. The van der Waals surface area contributed by atoms with Crippen molar-refractivity contribution < 1.29 is 44.3 Å². The summed E-state index contributed by atoms with van der Waals surface area (Å²) in [7, 11) is 6.86. The SMILES string of the molecule is CNC1=c2cc(N(C)C)c3c(OC)c4c5c6c7c8c(c(C(=O)O)nc(c8c2c36)C1C(=O)O)C1SCc2nc3c(c-7c21)C5C(=CC4C(=O)O)C(SC)=C3C(=O)O. The molecule has 0 bridgehead atoms. The van der Waals surface area contributed by atoms with Crippen molar-refractivity contribution in [1.29, 1.82) is 0 Å². The van der Waals surface area contributed by atoms with Gasteiger partial charge in [-0.15, -0.1) is 23.5 Å². The van der Waals surface area contributed by atoms with Crippen molar-refractivity contribution in [2.75, 3.05) is 39.4 Å². The van der Waals surface area contributed by atoms with Gasteiger partial charge in [0, 0.05) is 92.6 Å². The van der Waals surface area contributed by atoms with Gasteiger partial charge < -0.3 is 35.4 Å². The van der Waals surface area contributed by atoms with Crippen molar-refractivity contribution in [3.8, 4) is 16.9 Å². The lowest BCUT2D eigenvalue weighted by atomic mass is 9.60. The molecular formula is C40H28N4O9S2. The molecule has 4 atom stereocenters. The highest BCUT2D eigenvalue weighted by Crippen LogP contribution is 2.69. The second-order valence-electron chi connectivity index (χ2n) is 14.7. The van der Waals surface area contributed by atoms with Gasteiger partial charge in [-0.2, -0.15) is 0 Å². The maximum atomic E-state index is 13.5. The highest BCUT2D eigenvalue weighted by atomic mass is 32.2. The molecule has 5 N–H and O–H groups in total. The molecule has 6 aliphatic rings. The van der Waals surface area contributed by atoms with Crippen LogP contribution in [0.1, 0.15) is 78.4 Å². The van der Waals surface area contributed by atoms with Crippen molar-refractivity contribution >= 4 is 96.7 Å². The number of hydrogen-bond donors (Lipinski definition) is 5. The van der Waals surface area contributed by atoms with Crippen LogP contribution in [0.5, 0.6) is 5.75 Å². The van der Waals surface area contributed by atoms with Gasteiger partial charge in [-0.25, -0.2) is 14.6 Å². The van der Waals surface area contributed by atoms with Crippen molar-refractivity contribution in [2.45, 2.75) is 28.8 Å². The molecule has 0 fully saturated rings. The third-order valence-electron chi connectivity index (χ3n) is 12.3. The van der Waals surface area contributed by atoms with Gasteiger partial charge in [0.2, 0.25) is 0 Å². The molecule has 4 unspecified atom stereocenters. The van der Waals surface area contributed by atoms with Gasteiger partial charge in [0.15, 0.2) is 5.69 Å². The van der Waals surface area contributed by atoms with Crippen LogP contribution < -0.4 is 20.2 Å². The zero-order valence-electron chi connectivity index (χ0n) is 29.7. The second-order valence-corrected chi connectivity index (χ2v) is 16.6. The average Bonchev–Trinajstić information content (AvgIpc) is 3.58. The van der Waals surface area contributed by atoms with Crippen molar-refractivity contribution in [1.82, 2.24) is 15.3 Å². The van der Waals surface area contributed by atoms with E-state index in [0.29, 0.717) is 99.3 Å². The normalized spacial score (nSPS) is 21.3. The Labute approximate surface area is 318 Å². The number of nitrogens with one attached hydrogen (secondary N) is 1. The maximum Gasteiger partial charge on any atom is 0.354 e. The molecule has 13 nitrogen and oxygen atoms in total. The number of fused-ring (bicyclic) bond motifs is 1. The average molecular weight is 773 g/mol. The number of carboxylic acids is 4. The standard InChI is InChI=1S/C40H28N4O9S2/c1-41-30-9-7-13(44(2)3)18-20-14(9)25-24-23-21-17-12(8-55-36(17)27(24)33(40(51)52)43-31(25)28(30)38(47)48)42-32-26(21)15-10(35(54-5)29(32)39(49)50)6-11(37(45)46)16(34(18)53-4)19(15)22(20)23/h6-7,11,15,28,36,41H,8H2,1-5H3,(H,45,46)(H,47,48)(H,49,50)(H,51,52). The summed E-state index contributed by atoms with van der Waals surface area (Å²) in [5, 5.41) is 50.7. The van der Waals surface area contributed by atoms with Crippen LogP contribution >= 0.6 is 23.5 Å². The van der Waals surface area contributed by atoms with E-state index in [4.69, 9.17) is 14.7 Å². The van der Waals surface area contributed by atoms with Crippen LogP contribution in [0.15, 0.2) is 22.6 Å². The van der Waals surface area contributed by atoms with E-state index in [2.05, 4.69) is 5.32 Å². The number of hydrogen-bond acceptors (Lipinski definition) is 11. The lowest BCUT2D eigenvalue weighted by molar-refractivity contribution is -0.138. The Morgan fingerprint density at radius 3 is 2.25 bits per heavy atom. The number of aromatic nitrogens is 2. The quantitative estimate of drug-likeness (QED) is 0.104. The summed E-state index contributed by atoms with van der Waals surface area (Å²) < 4.78 is 6.32. The number of pyridine rings is 2. The van der Waals surface area contributed by atoms with Crippen LogP contribution in [-0.4, -0.2) is 88.8 Å². The van der Waals surface area contributed by atoms with E-state index in [1.165, 1.54) is 30.6 Å². The molecule has 1 aliphatic heterocycles. The van der Waals surface area contributed by atoms with E-state index in [-0.39, 0.29) is 17.0 Å². The Hall–Kier alpha value is -5.80. The number of allylic oxidation sites excluding steroid dienone is 1. The molecule has 11 rings (SSSR count). The van der Waals surface area contributed by atoms with Gasteiger partial charge in [0.1, 0.15) is 17.6 Å². The van der Waals surface area contributed by atoms with E-state index in [1.54, 1.807) is 19.4 Å². The number of thioether (sulfide) groups is 2. The highest BCUT2D eigenvalue weighted by Gasteiger charge is 2.53. The number of rotatable bonds is 8. The molecule has 0 spiro atoms. The van der Waals surface area contributed by atoms with E-state index in [9.17, 15) is 39.6 Å². The number of methoxy groups -OCH3 is 1. The molecule has 5 aliphatic carbocycles. The predicted octanol–water partition coefficient (Wildman–Crippen LogP) is 4.98.